The van der Waals surface area contributed by atoms with Gasteiger partial charge in [0.2, 0.25) is 11.8 Å². The highest BCUT2D eigenvalue weighted by atomic mass is 16.2. The third-order valence-electron chi connectivity index (χ3n) is 4.24. The second-order valence-electron chi connectivity index (χ2n) is 5.37. The number of nitrogens with one attached hydrogen (secondary N) is 1. The molecule has 0 atom stereocenters. The van der Waals surface area contributed by atoms with Crippen molar-refractivity contribution < 1.29 is 9.59 Å². The van der Waals surface area contributed by atoms with Crippen LogP contribution in [0.4, 0.5) is 0 Å². The minimum Gasteiger partial charge on any atom is -0.340 e. The van der Waals surface area contributed by atoms with Gasteiger partial charge in [0.15, 0.2) is 0 Å². The number of carbonyl (C=O) groups is 2. The first-order chi connectivity index (χ1) is 8.21. The Balaban J connectivity index is 1.84. The average Bonchev–Trinajstić information content (AvgIpc) is 2.95. The van der Waals surface area contributed by atoms with Crippen molar-refractivity contribution in [3.8, 4) is 0 Å². The van der Waals surface area contributed by atoms with E-state index in [1.165, 1.54) is 0 Å². The molecule has 1 heterocycles. The lowest BCUT2D eigenvalue weighted by atomic mass is 9.92. The summed E-state index contributed by atoms with van der Waals surface area (Å²) in [7, 11) is 0. The molecule has 3 aliphatic rings. The Labute approximate surface area is 101 Å². The minimum atomic E-state index is -0.558. The number of hydrogen-bond acceptors (Lipinski definition) is 2. The number of carbonyl (C=O) groups excluding carboxylic acids is 2. The summed E-state index contributed by atoms with van der Waals surface area (Å²) in [5.41, 5.74) is -0.558. The van der Waals surface area contributed by atoms with Crippen LogP contribution in [0, 0.1) is 0 Å². The van der Waals surface area contributed by atoms with E-state index in [1.807, 2.05) is 4.90 Å². The van der Waals surface area contributed by atoms with Crippen LogP contribution in [-0.2, 0) is 9.59 Å². The van der Waals surface area contributed by atoms with Gasteiger partial charge in [0.25, 0.3) is 0 Å². The molecule has 0 aromatic carbocycles. The highest BCUT2D eigenvalue weighted by Crippen LogP contribution is 2.35. The van der Waals surface area contributed by atoms with E-state index in [9.17, 15) is 9.59 Å². The number of piperazine rings is 1. The van der Waals surface area contributed by atoms with Crippen LogP contribution in [0.25, 0.3) is 0 Å². The lowest BCUT2D eigenvalue weighted by Gasteiger charge is -2.42. The number of rotatable bonds is 1. The van der Waals surface area contributed by atoms with Gasteiger partial charge in [0, 0.05) is 6.04 Å². The zero-order valence-corrected chi connectivity index (χ0v) is 9.95. The van der Waals surface area contributed by atoms with Gasteiger partial charge in [-0.25, -0.2) is 0 Å². The second-order valence-corrected chi connectivity index (χ2v) is 5.37. The zero-order chi connectivity index (χ0) is 11.9. The monoisotopic (exact) mass is 234 g/mol. The number of nitrogens with zero attached hydrogens (tertiary/aromatic N) is 1. The van der Waals surface area contributed by atoms with Crippen molar-refractivity contribution in [2.45, 2.75) is 50.1 Å². The molecular weight excluding hydrogens is 216 g/mol. The molecule has 2 aliphatic carbocycles. The Kier molecular flexibility index (Phi) is 2.45. The van der Waals surface area contributed by atoms with Gasteiger partial charge >= 0.3 is 0 Å². The van der Waals surface area contributed by atoms with Crippen LogP contribution >= 0.6 is 0 Å². The summed E-state index contributed by atoms with van der Waals surface area (Å²) in [4.78, 5) is 26.2. The van der Waals surface area contributed by atoms with Gasteiger partial charge in [-0.15, -0.1) is 0 Å². The molecule has 1 saturated heterocycles. The zero-order valence-electron chi connectivity index (χ0n) is 9.95. The van der Waals surface area contributed by atoms with Crippen LogP contribution in [0.1, 0.15) is 38.5 Å². The standard InChI is InChI=1S/C13H18N2O2/c16-11-9-15(10-5-1-2-6-10)12(17)13(14-11)7-3-4-8-13/h1-2,10H,3-9H2,(H,14,16). The third kappa shape index (κ3) is 1.66. The van der Waals surface area contributed by atoms with E-state index in [4.69, 9.17) is 0 Å². The normalized spacial score (nSPS) is 28.1. The van der Waals surface area contributed by atoms with E-state index in [0.29, 0.717) is 0 Å². The molecule has 0 aromatic heterocycles. The molecule has 1 N–H and O–H groups in total. The molecule has 17 heavy (non-hydrogen) atoms. The van der Waals surface area contributed by atoms with Gasteiger partial charge in [-0.3, -0.25) is 9.59 Å². The molecule has 1 saturated carbocycles. The van der Waals surface area contributed by atoms with E-state index in [2.05, 4.69) is 17.5 Å². The molecule has 0 aromatic rings. The van der Waals surface area contributed by atoms with Crippen molar-refractivity contribution in [3.05, 3.63) is 12.2 Å². The predicted molar refractivity (Wildman–Crippen MR) is 63.2 cm³/mol. The fraction of sp³-hybridized carbons (Fsp3) is 0.692. The van der Waals surface area contributed by atoms with Gasteiger partial charge in [-0.05, 0) is 25.7 Å². The van der Waals surface area contributed by atoms with Gasteiger partial charge in [-0.1, -0.05) is 25.0 Å². The average molecular weight is 234 g/mol. The lowest BCUT2D eigenvalue weighted by molar-refractivity contribution is -0.152. The van der Waals surface area contributed by atoms with Gasteiger partial charge in [0.05, 0.1) is 6.54 Å². The summed E-state index contributed by atoms with van der Waals surface area (Å²) in [6, 6.07) is 0.214. The molecule has 2 fully saturated rings. The van der Waals surface area contributed by atoms with Crippen LogP contribution in [0.15, 0.2) is 12.2 Å². The van der Waals surface area contributed by atoms with Crippen LogP contribution in [0.5, 0.6) is 0 Å². The maximum absolute atomic E-state index is 12.6. The molecule has 3 rings (SSSR count). The Morgan fingerprint density at radius 3 is 2.47 bits per heavy atom. The van der Waals surface area contributed by atoms with Gasteiger partial charge in [0.1, 0.15) is 5.54 Å². The van der Waals surface area contributed by atoms with E-state index in [-0.39, 0.29) is 24.4 Å². The molecule has 1 aliphatic heterocycles. The molecular formula is C13H18N2O2. The highest BCUT2D eigenvalue weighted by Gasteiger charge is 2.49. The van der Waals surface area contributed by atoms with Gasteiger partial charge < -0.3 is 10.2 Å². The second kappa shape index (κ2) is 3.86. The maximum Gasteiger partial charge on any atom is 0.249 e. The molecule has 92 valence electrons. The van der Waals surface area contributed by atoms with Crippen molar-refractivity contribution >= 4 is 11.8 Å². The summed E-state index contributed by atoms with van der Waals surface area (Å²) in [5, 5.41) is 2.94. The van der Waals surface area contributed by atoms with Crippen LogP contribution < -0.4 is 5.32 Å². The van der Waals surface area contributed by atoms with Gasteiger partial charge in [-0.2, -0.15) is 0 Å². The molecule has 0 unspecified atom stereocenters. The maximum atomic E-state index is 12.6. The fourth-order valence-corrected chi connectivity index (χ4v) is 3.33. The van der Waals surface area contributed by atoms with E-state index < -0.39 is 5.54 Å². The number of amides is 2. The summed E-state index contributed by atoms with van der Waals surface area (Å²) >= 11 is 0. The van der Waals surface area contributed by atoms with Crippen molar-refractivity contribution in [1.29, 1.82) is 0 Å². The Morgan fingerprint density at radius 2 is 1.82 bits per heavy atom. The van der Waals surface area contributed by atoms with Crippen molar-refractivity contribution in [1.82, 2.24) is 10.2 Å². The third-order valence-corrected chi connectivity index (χ3v) is 4.24. The van der Waals surface area contributed by atoms with Crippen LogP contribution in [0.3, 0.4) is 0 Å². The highest BCUT2D eigenvalue weighted by molar-refractivity contribution is 5.98. The smallest absolute Gasteiger partial charge is 0.249 e. The number of hydrogen-bond donors (Lipinski definition) is 1. The molecule has 4 nitrogen and oxygen atoms in total. The first kappa shape index (κ1) is 10.8. The Hall–Kier alpha value is -1.32. The molecule has 0 radical (unpaired) electrons. The fourth-order valence-electron chi connectivity index (χ4n) is 3.33. The molecule has 0 bridgehead atoms. The van der Waals surface area contributed by atoms with E-state index in [0.717, 1.165) is 38.5 Å². The summed E-state index contributed by atoms with van der Waals surface area (Å²) in [6.45, 7) is 0.243. The SMILES string of the molecule is O=C1CN(C2CC=CC2)C(=O)C2(CCCC2)N1. The van der Waals surface area contributed by atoms with Crippen molar-refractivity contribution in [2.75, 3.05) is 6.54 Å². The topological polar surface area (TPSA) is 49.4 Å². The van der Waals surface area contributed by atoms with Crippen molar-refractivity contribution in [3.63, 3.8) is 0 Å². The molecule has 4 heteroatoms. The Morgan fingerprint density at radius 1 is 1.18 bits per heavy atom. The largest absolute Gasteiger partial charge is 0.340 e. The molecule has 2 amide bonds. The quantitative estimate of drug-likeness (QED) is 0.687. The summed E-state index contributed by atoms with van der Waals surface area (Å²) in [5.74, 6) is 0.168. The molecule has 1 spiro atoms. The summed E-state index contributed by atoms with van der Waals surface area (Å²) in [6.07, 6.45) is 9.72. The van der Waals surface area contributed by atoms with Crippen LogP contribution in [-0.4, -0.2) is 34.8 Å². The minimum absolute atomic E-state index is 0.0124. The van der Waals surface area contributed by atoms with E-state index >= 15 is 0 Å². The van der Waals surface area contributed by atoms with E-state index in [1.54, 1.807) is 0 Å². The van der Waals surface area contributed by atoms with Crippen LogP contribution in [0.2, 0.25) is 0 Å². The summed E-state index contributed by atoms with van der Waals surface area (Å²) < 4.78 is 0. The first-order valence-electron chi connectivity index (χ1n) is 6.48. The first-order valence-corrected chi connectivity index (χ1v) is 6.48. The Bertz CT molecular complexity index is 375. The predicted octanol–water partition coefficient (Wildman–Crippen LogP) is 0.976. The van der Waals surface area contributed by atoms with Crippen molar-refractivity contribution in [2.24, 2.45) is 0 Å². The lowest BCUT2D eigenvalue weighted by Crippen LogP contribution is -2.67.